The predicted octanol–water partition coefficient (Wildman–Crippen LogP) is 2.20. The Labute approximate surface area is 187 Å². The molecule has 0 radical (unpaired) electrons. The standard InChI is InChI=1S/C20H23F3N6O4/c1-31-19(30)29-3-2-12(11-29)33-17-9-15(26-18(27-17)28-4-6-32-7-5-28)13-10-25-16(24)8-14(13)20(21,22)23/h8-10,12H,2-7,11H2,1H3,(H2,24,25)/t12-/m1/s1. The molecule has 2 aliphatic heterocycles. The van der Waals surface area contributed by atoms with Crippen LogP contribution >= 0.6 is 0 Å². The van der Waals surface area contributed by atoms with Crippen molar-refractivity contribution in [1.82, 2.24) is 19.9 Å². The molecule has 0 saturated carbocycles. The highest BCUT2D eigenvalue weighted by atomic mass is 19.4. The van der Waals surface area contributed by atoms with E-state index in [2.05, 4.69) is 15.0 Å². The number of anilines is 2. The summed E-state index contributed by atoms with van der Waals surface area (Å²) in [7, 11) is 1.29. The lowest BCUT2D eigenvalue weighted by atomic mass is 10.1. The molecule has 178 valence electrons. The van der Waals surface area contributed by atoms with Crippen molar-refractivity contribution in [3.05, 3.63) is 23.9 Å². The maximum absolute atomic E-state index is 13.7. The van der Waals surface area contributed by atoms with Gasteiger partial charge in [0, 0.05) is 43.9 Å². The summed E-state index contributed by atoms with van der Waals surface area (Å²) in [6.07, 6.45) is -3.96. The summed E-state index contributed by atoms with van der Waals surface area (Å²) in [6, 6.07) is 2.12. The number of morpholine rings is 1. The van der Waals surface area contributed by atoms with Gasteiger partial charge in [-0.25, -0.2) is 14.8 Å². The average Bonchev–Trinajstić information content (AvgIpc) is 3.26. The zero-order valence-electron chi connectivity index (χ0n) is 17.8. The first kappa shape index (κ1) is 22.8. The summed E-state index contributed by atoms with van der Waals surface area (Å²) >= 11 is 0. The number of nitrogens with two attached hydrogens (primary N) is 1. The molecular weight excluding hydrogens is 445 g/mol. The second-order valence-electron chi connectivity index (χ2n) is 7.59. The van der Waals surface area contributed by atoms with Crippen molar-refractivity contribution in [2.75, 3.05) is 57.1 Å². The molecule has 33 heavy (non-hydrogen) atoms. The fraction of sp³-hybridized carbons (Fsp3) is 0.500. The van der Waals surface area contributed by atoms with E-state index < -0.39 is 23.9 Å². The van der Waals surface area contributed by atoms with E-state index in [0.29, 0.717) is 39.3 Å². The fourth-order valence-corrected chi connectivity index (χ4v) is 3.72. The van der Waals surface area contributed by atoms with Crippen LogP contribution in [0.15, 0.2) is 18.3 Å². The zero-order chi connectivity index (χ0) is 23.6. The van der Waals surface area contributed by atoms with Crippen LogP contribution in [0.2, 0.25) is 0 Å². The number of aromatic nitrogens is 3. The number of ether oxygens (including phenoxy) is 3. The molecule has 2 aromatic heterocycles. The lowest BCUT2D eigenvalue weighted by Crippen LogP contribution is -2.37. The molecule has 0 bridgehead atoms. The van der Waals surface area contributed by atoms with Gasteiger partial charge in [0.05, 0.1) is 38.1 Å². The Hall–Kier alpha value is -3.35. The number of pyridine rings is 1. The summed E-state index contributed by atoms with van der Waals surface area (Å²) in [4.78, 5) is 27.7. The van der Waals surface area contributed by atoms with Gasteiger partial charge in [-0.2, -0.15) is 18.2 Å². The molecule has 4 heterocycles. The summed E-state index contributed by atoms with van der Waals surface area (Å²) in [5, 5.41) is 0. The Morgan fingerprint density at radius 2 is 1.97 bits per heavy atom. The molecule has 2 saturated heterocycles. The van der Waals surface area contributed by atoms with Crippen LogP contribution in [0.5, 0.6) is 5.88 Å². The number of methoxy groups -OCH3 is 1. The first-order chi connectivity index (χ1) is 15.7. The van der Waals surface area contributed by atoms with E-state index in [1.54, 1.807) is 0 Å². The number of nitrogens with zero attached hydrogens (tertiary/aromatic N) is 5. The van der Waals surface area contributed by atoms with E-state index in [1.807, 2.05) is 4.90 Å². The molecule has 2 fully saturated rings. The molecule has 1 amide bonds. The topological polar surface area (TPSA) is 116 Å². The molecule has 4 rings (SSSR count). The minimum Gasteiger partial charge on any atom is -0.472 e. The maximum Gasteiger partial charge on any atom is 0.417 e. The lowest BCUT2D eigenvalue weighted by molar-refractivity contribution is -0.137. The number of nitrogen functional groups attached to an aromatic ring is 1. The van der Waals surface area contributed by atoms with Crippen LogP contribution in [0.25, 0.3) is 11.3 Å². The van der Waals surface area contributed by atoms with Crippen molar-refractivity contribution >= 4 is 17.9 Å². The fourth-order valence-electron chi connectivity index (χ4n) is 3.72. The molecule has 0 aliphatic carbocycles. The van der Waals surface area contributed by atoms with Gasteiger partial charge in [-0.05, 0) is 6.07 Å². The van der Waals surface area contributed by atoms with Crippen molar-refractivity contribution in [2.24, 2.45) is 0 Å². The number of carbonyl (C=O) groups is 1. The van der Waals surface area contributed by atoms with Crippen LogP contribution in [0.4, 0.5) is 29.7 Å². The van der Waals surface area contributed by atoms with Gasteiger partial charge < -0.3 is 29.7 Å². The highest BCUT2D eigenvalue weighted by Crippen LogP contribution is 2.38. The quantitative estimate of drug-likeness (QED) is 0.721. The predicted molar refractivity (Wildman–Crippen MR) is 111 cm³/mol. The smallest absolute Gasteiger partial charge is 0.417 e. The largest absolute Gasteiger partial charge is 0.472 e. The molecule has 2 aromatic rings. The molecule has 0 spiro atoms. The number of alkyl halides is 3. The van der Waals surface area contributed by atoms with Gasteiger partial charge in [-0.15, -0.1) is 0 Å². The van der Waals surface area contributed by atoms with E-state index in [4.69, 9.17) is 19.9 Å². The van der Waals surface area contributed by atoms with Crippen molar-refractivity contribution in [2.45, 2.75) is 18.7 Å². The molecule has 0 aromatic carbocycles. The second kappa shape index (κ2) is 9.25. The highest BCUT2D eigenvalue weighted by Gasteiger charge is 2.35. The molecule has 10 nitrogen and oxygen atoms in total. The third-order valence-electron chi connectivity index (χ3n) is 5.36. The lowest BCUT2D eigenvalue weighted by Gasteiger charge is -2.27. The Morgan fingerprint density at radius 3 is 2.67 bits per heavy atom. The number of halogens is 3. The maximum atomic E-state index is 13.7. The Morgan fingerprint density at radius 1 is 1.21 bits per heavy atom. The Bertz CT molecular complexity index is 1020. The van der Waals surface area contributed by atoms with Gasteiger partial charge in [-0.3, -0.25) is 0 Å². The first-order valence-electron chi connectivity index (χ1n) is 10.3. The number of hydrogen-bond donors (Lipinski definition) is 1. The van der Waals surface area contributed by atoms with Gasteiger partial charge in [0.25, 0.3) is 0 Å². The Kier molecular flexibility index (Phi) is 6.40. The van der Waals surface area contributed by atoms with Crippen LogP contribution in [0.3, 0.4) is 0 Å². The van der Waals surface area contributed by atoms with Crippen molar-refractivity contribution < 1.29 is 32.2 Å². The number of amides is 1. The minimum atomic E-state index is -4.66. The third kappa shape index (κ3) is 5.18. The third-order valence-corrected chi connectivity index (χ3v) is 5.36. The monoisotopic (exact) mass is 468 g/mol. The van der Waals surface area contributed by atoms with E-state index in [-0.39, 0.29) is 35.4 Å². The first-order valence-corrected chi connectivity index (χ1v) is 10.3. The van der Waals surface area contributed by atoms with E-state index in [1.165, 1.54) is 18.1 Å². The summed E-state index contributed by atoms with van der Waals surface area (Å²) in [5.41, 5.74) is 4.32. The van der Waals surface area contributed by atoms with Gasteiger partial charge in [0.1, 0.15) is 11.9 Å². The normalized spacial score (nSPS) is 19.0. The minimum absolute atomic E-state index is 0.00383. The van der Waals surface area contributed by atoms with Crippen LogP contribution in [0.1, 0.15) is 12.0 Å². The summed E-state index contributed by atoms with van der Waals surface area (Å²) in [6.45, 7) is 2.56. The molecule has 1 atom stereocenters. The van der Waals surface area contributed by atoms with Gasteiger partial charge in [-0.1, -0.05) is 0 Å². The number of rotatable bonds is 4. The van der Waals surface area contributed by atoms with E-state index in [0.717, 1.165) is 12.3 Å². The van der Waals surface area contributed by atoms with Crippen LogP contribution in [-0.4, -0.2) is 78.6 Å². The van der Waals surface area contributed by atoms with Gasteiger partial charge >= 0.3 is 12.3 Å². The molecule has 2 aliphatic rings. The van der Waals surface area contributed by atoms with Crippen molar-refractivity contribution in [3.8, 4) is 17.1 Å². The molecular formula is C20H23F3N6O4. The molecule has 2 N–H and O–H groups in total. The number of hydrogen-bond acceptors (Lipinski definition) is 9. The van der Waals surface area contributed by atoms with E-state index in [9.17, 15) is 18.0 Å². The van der Waals surface area contributed by atoms with Crippen LogP contribution in [-0.2, 0) is 15.7 Å². The van der Waals surface area contributed by atoms with Crippen LogP contribution in [0, 0.1) is 0 Å². The molecule has 0 unspecified atom stereocenters. The summed E-state index contributed by atoms with van der Waals surface area (Å²) < 4.78 is 57.2. The van der Waals surface area contributed by atoms with Crippen LogP contribution < -0.4 is 15.4 Å². The van der Waals surface area contributed by atoms with Gasteiger partial charge in [0.15, 0.2) is 0 Å². The average molecular weight is 468 g/mol. The van der Waals surface area contributed by atoms with Crippen molar-refractivity contribution in [3.63, 3.8) is 0 Å². The highest BCUT2D eigenvalue weighted by molar-refractivity contribution is 5.68. The zero-order valence-corrected chi connectivity index (χ0v) is 17.8. The summed E-state index contributed by atoms with van der Waals surface area (Å²) in [5.74, 6) is 0.0700. The number of likely N-dealkylation sites (tertiary alicyclic amines) is 1. The van der Waals surface area contributed by atoms with E-state index >= 15 is 0 Å². The van der Waals surface area contributed by atoms with Gasteiger partial charge in [0.2, 0.25) is 11.8 Å². The SMILES string of the molecule is COC(=O)N1CC[C@@H](Oc2cc(-c3cnc(N)cc3C(F)(F)F)nc(N3CCOCC3)n2)C1. The Balaban J connectivity index is 1.70. The second-order valence-corrected chi connectivity index (χ2v) is 7.59. The molecule has 13 heteroatoms. The number of carbonyl (C=O) groups excluding carboxylic acids is 1. The van der Waals surface area contributed by atoms with Crippen molar-refractivity contribution in [1.29, 1.82) is 0 Å².